The highest BCUT2D eigenvalue weighted by atomic mass is 16.3. The van der Waals surface area contributed by atoms with Crippen molar-refractivity contribution in [3.63, 3.8) is 0 Å². The van der Waals surface area contributed by atoms with Gasteiger partial charge in [-0.25, -0.2) is 5.01 Å². The molecule has 2 amide bonds. The number of phenols is 1. The van der Waals surface area contributed by atoms with E-state index >= 15 is 0 Å². The van der Waals surface area contributed by atoms with Crippen molar-refractivity contribution in [1.82, 2.24) is 10.4 Å². The first-order valence-corrected chi connectivity index (χ1v) is 9.15. The maximum Gasteiger partial charge on any atom is 0.276 e. The number of carbonyl (C=O) groups is 2. The number of amides is 2. The van der Waals surface area contributed by atoms with Crippen LogP contribution < -0.4 is 10.7 Å². The summed E-state index contributed by atoms with van der Waals surface area (Å²) in [5, 5.41) is 14.5. The van der Waals surface area contributed by atoms with Crippen molar-refractivity contribution >= 4 is 23.6 Å². The van der Waals surface area contributed by atoms with Crippen LogP contribution in [0.5, 0.6) is 5.75 Å². The predicted molar refractivity (Wildman–Crippen MR) is 111 cm³/mol. The Bertz CT molecular complexity index is 1080. The van der Waals surface area contributed by atoms with E-state index in [-0.39, 0.29) is 17.2 Å². The number of carbonyl (C=O) groups excluding carboxylic acids is 2. The molecule has 0 saturated heterocycles. The van der Waals surface area contributed by atoms with Crippen molar-refractivity contribution in [2.45, 2.75) is 6.17 Å². The second kappa shape index (κ2) is 7.90. The number of nitrogens with one attached hydrogen (secondary N) is 2. The van der Waals surface area contributed by atoms with Crippen LogP contribution in [0.4, 0.5) is 5.69 Å². The second-order valence-corrected chi connectivity index (χ2v) is 6.54. The van der Waals surface area contributed by atoms with Crippen molar-refractivity contribution in [1.29, 1.82) is 0 Å². The Morgan fingerprint density at radius 3 is 2.45 bits per heavy atom. The van der Waals surface area contributed by atoms with Crippen LogP contribution in [0, 0.1) is 0 Å². The lowest BCUT2D eigenvalue weighted by Crippen LogP contribution is -2.56. The topological polar surface area (TPSA) is 81.7 Å². The monoisotopic (exact) mass is 385 g/mol. The molecule has 0 saturated carbocycles. The molecule has 1 atom stereocenters. The van der Waals surface area contributed by atoms with E-state index in [2.05, 4.69) is 10.7 Å². The molecule has 3 N–H and O–H groups in total. The summed E-state index contributed by atoms with van der Waals surface area (Å²) in [6, 6.07) is 23.0. The highest BCUT2D eigenvalue weighted by molar-refractivity contribution is 6.04. The first-order chi connectivity index (χ1) is 14.1. The fraction of sp³-hybridized carbons (Fsp3) is 0.0435. The van der Waals surface area contributed by atoms with Crippen molar-refractivity contribution in [3.05, 3.63) is 102 Å². The maximum atomic E-state index is 13.1. The first-order valence-electron chi connectivity index (χ1n) is 9.15. The van der Waals surface area contributed by atoms with Crippen molar-refractivity contribution < 1.29 is 14.7 Å². The van der Waals surface area contributed by atoms with Crippen LogP contribution in [0.1, 0.15) is 26.3 Å². The zero-order chi connectivity index (χ0) is 20.2. The van der Waals surface area contributed by atoms with Gasteiger partial charge in [0.25, 0.3) is 11.8 Å². The molecule has 0 bridgehead atoms. The minimum atomic E-state index is -0.604. The number of anilines is 1. The van der Waals surface area contributed by atoms with Gasteiger partial charge in [0.05, 0.1) is 11.1 Å². The molecular weight excluding hydrogens is 366 g/mol. The van der Waals surface area contributed by atoms with Crippen LogP contribution >= 0.6 is 0 Å². The Morgan fingerprint density at radius 2 is 1.66 bits per heavy atom. The maximum absolute atomic E-state index is 13.1. The van der Waals surface area contributed by atoms with Gasteiger partial charge in [0, 0.05) is 5.69 Å². The molecule has 0 radical (unpaired) electrons. The third kappa shape index (κ3) is 3.82. The Morgan fingerprint density at radius 1 is 0.966 bits per heavy atom. The summed E-state index contributed by atoms with van der Waals surface area (Å²) in [7, 11) is 0. The Balaban J connectivity index is 1.65. The number of phenolic OH excluding ortho intramolecular Hbond substituents is 1. The van der Waals surface area contributed by atoms with Crippen LogP contribution in [-0.2, 0) is 0 Å². The number of aromatic hydroxyl groups is 1. The molecule has 0 aromatic heterocycles. The number of nitrogens with zero attached hydrogens (tertiary/aromatic N) is 1. The van der Waals surface area contributed by atoms with Gasteiger partial charge in [-0.15, -0.1) is 0 Å². The van der Waals surface area contributed by atoms with Gasteiger partial charge in [0.1, 0.15) is 11.9 Å². The Labute approximate surface area is 168 Å². The third-order valence-corrected chi connectivity index (χ3v) is 4.60. The number of para-hydroxylation sites is 2. The average molecular weight is 385 g/mol. The Hall–Kier alpha value is -4.06. The molecule has 1 aliphatic rings. The number of fused-ring (bicyclic) bond motifs is 1. The van der Waals surface area contributed by atoms with Gasteiger partial charge in [-0.2, -0.15) is 0 Å². The molecule has 0 aliphatic carbocycles. The summed E-state index contributed by atoms with van der Waals surface area (Å²) in [5.74, 6) is -1.07. The number of hydrazine groups is 1. The molecule has 6 heteroatoms. The number of hydrogen-bond donors (Lipinski definition) is 3. The Kier molecular flexibility index (Phi) is 4.99. The molecule has 144 valence electrons. The quantitative estimate of drug-likeness (QED) is 0.640. The van der Waals surface area contributed by atoms with E-state index in [4.69, 9.17) is 0 Å². The van der Waals surface area contributed by atoms with E-state index in [9.17, 15) is 14.7 Å². The fourth-order valence-electron chi connectivity index (χ4n) is 3.13. The van der Waals surface area contributed by atoms with Gasteiger partial charge >= 0.3 is 0 Å². The number of hydrogen-bond acceptors (Lipinski definition) is 4. The molecule has 3 aromatic rings. The van der Waals surface area contributed by atoms with Crippen LogP contribution in [-0.4, -0.2) is 28.1 Å². The van der Waals surface area contributed by atoms with E-state index in [1.54, 1.807) is 30.3 Å². The summed E-state index contributed by atoms with van der Waals surface area (Å²) in [4.78, 5) is 25.8. The third-order valence-electron chi connectivity index (χ3n) is 4.60. The number of rotatable bonds is 4. The van der Waals surface area contributed by atoms with Gasteiger partial charge in [0.15, 0.2) is 0 Å². The molecule has 6 nitrogen and oxygen atoms in total. The molecular formula is C23H19N3O3. The average Bonchev–Trinajstić information content (AvgIpc) is 2.75. The lowest BCUT2D eigenvalue weighted by Gasteiger charge is -2.36. The summed E-state index contributed by atoms with van der Waals surface area (Å²) in [6.07, 6.45) is 3.07. The molecule has 1 aliphatic heterocycles. The van der Waals surface area contributed by atoms with E-state index in [0.717, 1.165) is 5.56 Å². The predicted octanol–water partition coefficient (Wildman–Crippen LogP) is 3.64. The van der Waals surface area contributed by atoms with Crippen LogP contribution in [0.15, 0.2) is 84.9 Å². The van der Waals surface area contributed by atoms with Crippen LogP contribution in [0.3, 0.4) is 0 Å². The molecule has 1 unspecified atom stereocenters. The molecule has 4 rings (SSSR count). The lowest BCUT2D eigenvalue weighted by molar-refractivity contribution is 0.0534. The SMILES string of the molecule is O=C(NN1C(=O)c2ccccc2NC1/C=C/c1ccccc1)c1ccccc1O. The summed E-state index contributed by atoms with van der Waals surface area (Å²) >= 11 is 0. The summed E-state index contributed by atoms with van der Waals surface area (Å²) < 4.78 is 0. The highest BCUT2D eigenvalue weighted by Crippen LogP contribution is 2.25. The fourth-order valence-corrected chi connectivity index (χ4v) is 3.13. The zero-order valence-electron chi connectivity index (χ0n) is 15.4. The lowest BCUT2D eigenvalue weighted by atomic mass is 10.1. The van der Waals surface area contributed by atoms with Crippen LogP contribution in [0.25, 0.3) is 6.08 Å². The molecule has 0 fully saturated rings. The minimum Gasteiger partial charge on any atom is -0.507 e. The van der Waals surface area contributed by atoms with Crippen molar-refractivity contribution in [3.8, 4) is 5.75 Å². The van der Waals surface area contributed by atoms with E-state index in [0.29, 0.717) is 11.3 Å². The van der Waals surface area contributed by atoms with E-state index in [1.165, 1.54) is 17.1 Å². The number of benzene rings is 3. The molecule has 3 aromatic carbocycles. The molecule has 0 spiro atoms. The van der Waals surface area contributed by atoms with Gasteiger partial charge in [-0.1, -0.05) is 60.7 Å². The van der Waals surface area contributed by atoms with Gasteiger partial charge in [-0.3, -0.25) is 15.0 Å². The zero-order valence-corrected chi connectivity index (χ0v) is 15.4. The van der Waals surface area contributed by atoms with Gasteiger partial charge in [-0.05, 0) is 35.9 Å². The van der Waals surface area contributed by atoms with Crippen LogP contribution in [0.2, 0.25) is 0 Å². The minimum absolute atomic E-state index is 0.0879. The molecule has 29 heavy (non-hydrogen) atoms. The molecule has 1 heterocycles. The highest BCUT2D eigenvalue weighted by Gasteiger charge is 2.32. The van der Waals surface area contributed by atoms with E-state index in [1.807, 2.05) is 48.5 Å². The largest absolute Gasteiger partial charge is 0.507 e. The standard InChI is InChI=1S/C23H19N3O3/c27-20-13-7-5-11-18(20)22(28)25-26-21(15-14-16-8-2-1-3-9-16)24-19-12-6-4-10-17(19)23(26)29/h1-15,21,24,27H,(H,25,28)/b15-14+. The summed E-state index contributed by atoms with van der Waals surface area (Å²) in [5.41, 5.74) is 4.82. The van der Waals surface area contributed by atoms with Crippen molar-refractivity contribution in [2.75, 3.05) is 5.32 Å². The smallest absolute Gasteiger partial charge is 0.276 e. The normalized spacial score (nSPS) is 15.7. The first kappa shape index (κ1) is 18.3. The van der Waals surface area contributed by atoms with Gasteiger partial charge < -0.3 is 10.4 Å². The second-order valence-electron chi connectivity index (χ2n) is 6.54. The van der Waals surface area contributed by atoms with Gasteiger partial charge in [0.2, 0.25) is 0 Å². The van der Waals surface area contributed by atoms with Crippen molar-refractivity contribution in [2.24, 2.45) is 0 Å². The van der Waals surface area contributed by atoms with E-state index < -0.39 is 12.1 Å². The summed E-state index contributed by atoms with van der Waals surface area (Å²) in [6.45, 7) is 0.